The van der Waals surface area contributed by atoms with E-state index in [0.717, 1.165) is 30.9 Å². The van der Waals surface area contributed by atoms with E-state index in [-0.39, 0.29) is 0 Å². The smallest absolute Gasteiger partial charge is 0.147 e. The number of hydrazine groups is 1. The maximum absolute atomic E-state index is 5.62. The number of hydrogen-bond donors (Lipinski definition) is 2. The van der Waals surface area contributed by atoms with E-state index in [1.807, 2.05) is 0 Å². The summed E-state index contributed by atoms with van der Waals surface area (Å²) in [4.78, 5) is 9.32. The third-order valence-electron chi connectivity index (χ3n) is 3.81. The average molecular weight is 268 g/mol. The molecule has 2 aromatic rings. The van der Waals surface area contributed by atoms with Crippen LogP contribution in [0.3, 0.4) is 0 Å². The van der Waals surface area contributed by atoms with Crippen molar-refractivity contribution in [2.45, 2.75) is 39.0 Å². The van der Waals surface area contributed by atoms with Crippen molar-refractivity contribution in [1.82, 2.24) is 9.97 Å². The van der Waals surface area contributed by atoms with Crippen LogP contribution in [-0.2, 0) is 19.3 Å². The summed E-state index contributed by atoms with van der Waals surface area (Å²) >= 11 is 0. The first-order valence-corrected chi connectivity index (χ1v) is 7.17. The van der Waals surface area contributed by atoms with Crippen LogP contribution in [-0.4, -0.2) is 9.97 Å². The summed E-state index contributed by atoms with van der Waals surface area (Å²) in [5, 5.41) is 0. The number of nitrogen functional groups attached to an aromatic ring is 1. The largest absolute Gasteiger partial charge is 0.308 e. The Labute approximate surface area is 119 Å². The number of rotatable bonds is 3. The van der Waals surface area contributed by atoms with E-state index in [2.05, 4.69) is 41.6 Å². The van der Waals surface area contributed by atoms with Crippen LogP contribution in [0.2, 0.25) is 0 Å². The molecule has 0 saturated heterocycles. The van der Waals surface area contributed by atoms with E-state index < -0.39 is 0 Å². The average Bonchev–Trinajstić information content (AvgIpc) is 2.46. The van der Waals surface area contributed by atoms with E-state index in [0.29, 0.717) is 0 Å². The molecule has 3 N–H and O–H groups in total. The molecule has 104 valence electrons. The van der Waals surface area contributed by atoms with Crippen LogP contribution in [0.4, 0.5) is 5.82 Å². The Morgan fingerprint density at radius 1 is 1.20 bits per heavy atom. The molecule has 20 heavy (non-hydrogen) atoms. The van der Waals surface area contributed by atoms with Gasteiger partial charge in [0.1, 0.15) is 11.6 Å². The van der Waals surface area contributed by atoms with E-state index in [1.165, 1.54) is 35.2 Å². The Bertz CT molecular complexity index is 605. The Hall–Kier alpha value is -1.94. The molecule has 0 radical (unpaired) electrons. The highest BCUT2D eigenvalue weighted by molar-refractivity contribution is 5.47. The summed E-state index contributed by atoms with van der Waals surface area (Å²) in [6.45, 7) is 2.10. The molecular formula is C16H20N4. The summed E-state index contributed by atoms with van der Waals surface area (Å²) in [5.41, 5.74) is 7.61. The summed E-state index contributed by atoms with van der Waals surface area (Å²) in [6, 6.07) is 8.47. The van der Waals surface area contributed by atoms with Crippen LogP contribution < -0.4 is 11.3 Å². The molecule has 4 nitrogen and oxygen atoms in total. The molecule has 1 aromatic heterocycles. The summed E-state index contributed by atoms with van der Waals surface area (Å²) in [7, 11) is 0. The Kier molecular flexibility index (Phi) is 3.65. The summed E-state index contributed by atoms with van der Waals surface area (Å²) in [6.07, 6.45) is 5.22. The Morgan fingerprint density at radius 2 is 2.05 bits per heavy atom. The number of aryl methyl sites for hydroxylation is 2. The molecular weight excluding hydrogens is 248 g/mol. The van der Waals surface area contributed by atoms with Gasteiger partial charge in [0.25, 0.3) is 0 Å². The number of nitrogens with one attached hydrogen (secondary N) is 1. The minimum Gasteiger partial charge on any atom is -0.308 e. The fourth-order valence-corrected chi connectivity index (χ4v) is 2.85. The maximum atomic E-state index is 5.62. The van der Waals surface area contributed by atoms with Gasteiger partial charge in [0.15, 0.2) is 0 Å². The third-order valence-corrected chi connectivity index (χ3v) is 3.81. The fourth-order valence-electron chi connectivity index (χ4n) is 2.85. The molecule has 0 fully saturated rings. The zero-order valence-corrected chi connectivity index (χ0v) is 11.8. The monoisotopic (exact) mass is 268 g/mol. The number of benzene rings is 1. The van der Waals surface area contributed by atoms with Crippen molar-refractivity contribution in [1.29, 1.82) is 0 Å². The lowest BCUT2D eigenvalue weighted by molar-refractivity contribution is 0.657. The van der Waals surface area contributed by atoms with Crippen LogP contribution in [0.1, 0.15) is 41.1 Å². The lowest BCUT2D eigenvalue weighted by atomic mass is 9.96. The van der Waals surface area contributed by atoms with Crippen LogP contribution in [0.5, 0.6) is 0 Å². The van der Waals surface area contributed by atoms with Crippen molar-refractivity contribution < 1.29 is 0 Å². The number of aromatic nitrogens is 2. The van der Waals surface area contributed by atoms with E-state index in [4.69, 9.17) is 10.8 Å². The van der Waals surface area contributed by atoms with Crippen molar-refractivity contribution in [3.63, 3.8) is 0 Å². The Morgan fingerprint density at radius 3 is 2.85 bits per heavy atom. The lowest BCUT2D eigenvalue weighted by Gasteiger charge is -2.18. The van der Waals surface area contributed by atoms with Gasteiger partial charge >= 0.3 is 0 Å². The number of nitrogens with two attached hydrogens (primary N) is 1. The van der Waals surface area contributed by atoms with Crippen LogP contribution in [0.25, 0.3) is 0 Å². The standard InChI is InChI=1S/C16H20N4/c1-11-5-4-6-12(9-11)10-15-18-14-8-3-2-7-13(14)16(19-15)20-17/h4-6,9H,2-3,7-8,10,17H2,1H3,(H,18,19,20). The van der Waals surface area contributed by atoms with Gasteiger partial charge in [-0.2, -0.15) is 0 Å². The molecule has 1 aliphatic rings. The van der Waals surface area contributed by atoms with E-state index >= 15 is 0 Å². The minimum atomic E-state index is 0.754. The highest BCUT2D eigenvalue weighted by Gasteiger charge is 2.17. The second kappa shape index (κ2) is 5.59. The predicted molar refractivity (Wildman–Crippen MR) is 80.5 cm³/mol. The zero-order valence-electron chi connectivity index (χ0n) is 11.8. The fraction of sp³-hybridized carbons (Fsp3) is 0.375. The molecule has 0 aliphatic heterocycles. The number of anilines is 1. The summed E-state index contributed by atoms with van der Waals surface area (Å²) in [5.74, 6) is 7.27. The van der Waals surface area contributed by atoms with Crippen LogP contribution in [0.15, 0.2) is 24.3 Å². The quantitative estimate of drug-likeness (QED) is 0.663. The van der Waals surface area contributed by atoms with E-state index in [9.17, 15) is 0 Å². The second-order valence-electron chi connectivity index (χ2n) is 5.43. The minimum absolute atomic E-state index is 0.754. The molecule has 1 aliphatic carbocycles. The molecule has 0 unspecified atom stereocenters. The number of hydrogen-bond acceptors (Lipinski definition) is 4. The van der Waals surface area contributed by atoms with Crippen LogP contribution in [0, 0.1) is 6.92 Å². The van der Waals surface area contributed by atoms with Gasteiger partial charge in [-0.15, -0.1) is 0 Å². The first-order valence-electron chi connectivity index (χ1n) is 7.17. The van der Waals surface area contributed by atoms with Crippen molar-refractivity contribution in [2.75, 3.05) is 5.43 Å². The predicted octanol–water partition coefficient (Wildman–Crippen LogP) is 2.54. The van der Waals surface area contributed by atoms with Crippen molar-refractivity contribution in [2.24, 2.45) is 5.84 Å². The van der Waals surface area contributed by atoms with Gasteiger partial charge in [-0.3, -0.25) is 0 Å². The normalized spacial score (nSPS) is 13.9. The van der Waals surface area contributed by atoms with Gasteiger partial charge in [-0.25, -0.2) is 15.8 Å². The van der Waals surface area contributed by atoms with Crippen molar-refractivity contribution in [3.8, 4) is 0 Å². The molecule has 0 spiro atoms. The van der Waals surface area contributed by atoms with Gasteiger partial charge in [-0.05, 0) is 38.2 Å². The third kappa shape index (κ3) is 2.65. The second-order valence-corrected chi connectivity index (χ2v) is 5.43. The van der Waals surface area contributed by atoms with Crippen molar-refractivity contribution in [3.05, 3.63) is 52.5 Å². The van der Waals surface area contributed by atoms with Crippen LogP contribution >= 0.6 is 0 Å². The van der Waals surface area contributed by atoms with E-state index in [1.54, 1.807) is 0 Å². The van der Waals surface area contributed by atoms with Gasteiger partial charge in [0, 0.05) is 17.7 Å². The highest BCUT2D eigenvalue weighted by atomic mass is 15.3. The molecule has 0 atom stereocenters. The van der Waals surface area contributed by atoms with Gasteiger partial charge in [0.05, 0.1) is 0 Å². The lowest BCUT2D eigenvalue weighted by Crippen LogP contribution is -2.18. The maximum Gasteiger partial charge on any atom is 0.147 e. The molecule has 0 amide bonds. The van der Waals surface area contributed by atoms with Crippen molar-refractivity contribution >= 4 is 5.82 Å². The highest BCUT2D eigenvalue weighted by Crippen LogP contribution is 2.25. The SMILES string of the molecule is Cc1cccc(Cc2nc3c(c(NN)n2)CCCC3)c1. The molecule has 1 aromatic carbocycles. The van der Waals surface area contributed by atoms with Gasteiger partial charge in [-0.1, -0.05) is 29.8 Å². The molecule has 1 heterocycles. The number of nitrogens with zero attached hydrogens (tertiary/aromatic N) is 2. The first kappa shape index (κ1) is 13.1. The summed E-state index contributed by atoms with van der Waals surface area (Å²) < 4.78 is 0. The molecule has 0 saturated carbocycles. The van der Waals surface area contributed by atoms with Gasteiger partial charge in [0.2, 0.25) is 0 Å². The first-order chi connectivity index (χ1) is 9.76. The topological polar surface area (TPSA) is 63.8 Å². The Balaban J connectivity index is 1.94. The molecule has 0 bridgehead atoms. The van der Waals surface area contributed by atoms with Gasteiger partial charge < -0.3 is 5.43 Å². The molecule has 4 heteroatoms. The zero-order chi connectivity index (χ0) is 13.9. The molecule has 3 rings (SSSR count). The number of fused-ring (bicyclic) bond motifs is 1.